The van der Waals surface area contributed by atoms with Gasteiger partial charge in [-0.05, 0) is 35.2 Å². The van der Waals surface area contributed by atoms with Crippen LogP contribution in [-0.4, -0.2) is 34.9 Å². The third-order valence-corrected chi connectivity index (χ3v) is 4.68. The number of benzene rings is 2. The normalized spacial score (nSPS) is 16.4. The van der Waals surface area contributed by atoms with Crippen molar-refractivity contribution in [3.05, 3.63) is 70.8 Å². The Hall–Kier alpha value is -3.15. The van der Waals surface area contributed by atoms with Crippen LogP contribution in [0.1, 0.15) is 33.5 Å². The van der Waals surface area contributed by atoms with E-state index < -0.39 is 17.9 Å². The number of rotatable bonds is 5. The Morgan fingerprint density at radius 3 is 2.59 bits per heavy atom. The third-order valence-electron chi connectivity index (χ3n) is 4.68. The SMILES string of the molecule is CN1Cc2ccc(C(=O)OCc3ccccc3)cc2C[C@H](CC(=O)O)C1=O. The molecule has 1 aliphatic heterocycles. The number of carbonyl (C=O) groups excluding carboxylic acids is 2. The van der Waals surface area contributed by atoms with Crippen LogP contribution in [0.2, 0.25) is 0 Å². The van der Waals surface area contributed by atoms with Crippen molar-refractivity contribution in [1.29, 1.82) is 0 Å². The highest BCUT2D eigenvalue weighted by Crippen LogP contribution is 2.25. The van der Waals surface area contributed by atoms with Gasteiger partial charge in [0.2, 0.25) is 5.91 Å². The molecular weight excluding hydrogens is 346 g/mol. The first-order chi connectivity index (χ1) is 12.9. The van der Waals surface area contributed by atoms with Crippen molar-refractivity contribution in [1.82, 2.24) is 4.90 Å². The summed E-state index contributed by atoms with van der Waals surface area (Å²) in [7, 11) is 1.66. The zero-order valence-corrected chi connectivity index (χ0v) is 15.1. The zero-order chi connectivity index (χ0) is 19.4. The minimum atomic E-state index is -1.01. The molecule has 6 nitrogen and oxygen atoms in total. The van der Waals surface area contributed by atoms with Crippen LogP contribution in [0.4, 0.5) is 0 Å². The largest absolute Gasteiger partial charge is 0.481 e. The second-order valence-electron chi connectivity index (χ2n) is 6.74. The monoisotopic (exact) mass is 367 g/mol. The molecule has 27 heavy (non-hydrogen) atoms. The number of esters is 1. The van der Waals surface area contributed by atoms with E-state index >= 15 is 0 Å². The maximum absolute atomic E-state index is 12.4. The van der Waals surface area contributed by atoms with E-state index in [2.05, 4.69) is 0 Å². The van der Waals surface area contributed by atoms with Crippen LogP contribution in [0, 0.1) is 5.92 Å². The Bertz CT molecular complexity index is 862. The fraction of sp³-hybridized carbons (Fsp3) is 0.286. The Morgan fingerprint density at radius 1 is 1.15 bits per heavy atom. The average Bonchev–Trinajstić information content (AvgIpc) is 2.77. The molecule has 2 aromatic rings. The van der Waals surface area contributed by atoms with Crippen LogP contribution in [0.15, 0.2) is 48.5 Å². The fourth-order valence-corrected chi connectivity index (χ4v) is 3.27. The highest BCUT2D eigenvalue weighted by Gasteiger charge is 2.29. The molecule has 140 valence electrons. The molecule has 0 aromatic heterocycles. The summed E-state index contributed by atoms with van der Waals surface area (Å²) >= 11 is 0. The van der Waals surface area contributed by atoms with E-state index in [9.17, 15) is 14.4 Å². The van der Waals surface area contributed by atoms with Crippen molar-refractivity contribution >= 4 is 17.8 Å². The first-order valence-corrected chi connectivity index (χ1v) is 8.73. The maximum Gasteiger partial charge on any atom is 0.338 e. The van der Waals surface area contributed by atoms with Crippen molar-refractivity contribution < 1.29 is 24.2 Å². The average molecular weight is 367 g/mol. The summed E-state index contributed by atoms with van der Waals surface area (Å²) in [5.41, 5.74) is 3.02. The van der Waals surface area contributed by atoms with E-state index in [0.717, 1.165) is 16.7 Å². The van der Waals surface area contributed by atoms with Crippen LogP contribution in [0.25, 0.3) is 0 Å². The molecule has 0 unspecified atom stereocenters. The molecule has 0 saturated carbocycles. The first-order valence-electron chi connectivity index (χ1n) is 8.73. The van der Waals surface area contributed by atoms with Crippen molar-refractivity contribution in [3.8, 4) is 0 Å². The number of hydrogen-bond acceptors (Lipinski definition) is 4. The predicted octanol–water partition coefficient (Wildman–Crippen LogP) is 2.65. The van der Waals surface area contributed by atoms with Gasteiger partial charge in [0.1, 0.15) is 6.61 Å². The Balaban J connectivity index is 1.77. The number of carbonyl (C=O) groups is 3. The number of hydrogen-bond donors (Lipinski definition) is 1. The molecule has 0 bridgehead atoms. The summed E-state index contributed by atoms with van der Waals surface area (Å²) < 4.78 is 5.36. The number of carboxylic acid groups (broad SMARTS) is 1. The lowest BCUT2D eigenvalue weighted by atomic mass is 9.93. The quantitative estimate of drug-likeness (QED) is 0.822. The number of carboxylic acids is 1. The molecule has 1 aliphatic rings. The predicted molar refractivity (Wildman–Crippen MR) is 97.9 cm³/mol. The van der Waals surface area contributed by atoms with E-state index in [1.807, 2.05) is 30.3 Å². The maximum atomic E-state index is 12.4. The van der Waals surface area contributed by atoms with Crippen LogP contribution >= 0.6 is 0 Å². The minimum Gasteiger partial charge on any atom is -0.481 e. The van der Waals surface area contributed by atoms with Crippen molar-refractivity contribution in [2.24, 2.45) is 5.92 Å². The van der Waals surface area contributed by atoms with E-state index in [4.69, 9.17) is 9.84 Å². The summed E-state index contributed by atoms with van der Waals surface area (Å²) in [4.78, 5) is 37.4. The molecule has 0 aliphatic carbocycles. The standard InChI is InChI=1S/C21H21NO5/c1-22-12-16-8-7-15(21(26)27-13-14-5-3-2-4-6-14)9-17(16)10-18(20(22)25)11-19(23)24/h2-9,18H,10-13H2,1H3,(H,23,24)/t18-/m1/s1. The second kappa shape index (κ2) is 8.03. The Labute approximate surface area is 157 Å². The highest BCUT2D eigenvalue weighted by molar-refractivity contribution is 5.90. The van der Waals surface area contributed by atoms with Gasteiger partial charge in [-0.15, -0.1) is 0 Å². The van der Waals surface area contributed by atoms with Crippen molar-refractivity contribution in [3.63, 3.8) is 0 Å². The highest BCUT2D eigenvalue weighted by atomic mass is 16.5. The van der Waals surface area contributed by atoms with Crippen molar-refractivity contribution in [2.75, 3.05) is 7.05 Å². The topological polar surface area (TPSA) is 83.9 Å². The number of amides is 1. The lowest BCUT2D eigenvalue weighted by molar-refractivity contribution is -0.143. The Morgan fingerprint density at radius 2 is 1.89 bits per heavy atom. The van der Waals surface area contributed by atoms with Gasteiger partial charge in [0, 0.05) is 13.6 Å². The van der Waals surface area contributed by atoms with Gasteiger partial charge in [0.05, 0.1) is 17.9 Å². The zero-order valence-electron chi connectivity index (χ0n) is 15.1. The minimum absolute atomic E-state index is 0.180. The molecule has 0 fully saturated rings. The molecule has 6 heteroatoms. The van der Waals surface area contributed by atoms with Gasteiger partial charge in [-0.3, -0.25) is 9.59 Å². The van der Waals surface area contributed by atoms with Gasteiger partial charge in [0.25, 0.3) is 0 Å². The molecule has 0 saturated heterocycles. The van der Waals surface area contributed by atoms with E-state index in [1.165, 1.54) is 4.90 Å². The van der Waals surface area contributed by atoms with Crippen LogP contribution in [-0.2, 0) is 33.9 Å². The van der Waals surface area contributed by atoms with E-state index in [1.54, 1.807) is 25.2 Å². The molecule has 1 amide bonds. The summed E-state index contributed by atoms with van der Waals surface area (Å²) in [6.45, 7) is 0.573. The van der Waals surface area contributed by atoms with Crippen LogP contribution < -0.4 is 0 Å². The molecular formula is C21H21NO5. The molecule has 0 spiro atoms. The first kappa shape index (κ1) is 18.6. The van der Waals surface area contributed by atoms with Crippen LogP contribution in [0.3, 0.4) is 0 Å². The molecule has 0 radical (unpaired) electrons. The molecule has 1 atom stereocenters. The number of aliphatic carboxylic acids is 1. The Kier molecular flexibility index (Phi) is 5.54. The number of fused-ring (bicyclic) bond motifs is 1. The number of nitrogens with zero attached hydrogens (tertiary/aromatic N) is 1. The third kappa shape index (κ3) is 4.53. The molecule has 1 heterocycles. The summed E-state index contributed by atoms with van der Waals surface area (Å²) in [5, 5.41) is 9.09. The van der Waals surface area contributed by atoms with Gasteiger partial charge < -0.3 is 14.7 Å². The lowest BCUT2D eigenvalue weighted by Crippen LogP contribution is -2.32. The van der Waals surface area contributed by atoms with Gasteiger partial charge in [-0.2, -0.15) is 0 Å². The molecule has 1 N–H and O–H groups in total. The summed E-state index contributed by atoms with van der Waals surface area (Å²) in [6, 6.07) is 14.6. The molecule has 3 rings (SSSR count). The van der Waals surface area contributed by atoms with Gasteiger partial charge in [-0.25, -0.2) is 4.79 Å². The fourth-order valence-electron chi connectivity index (χ4n) is 3.27. The van der Waals surface area contributed by atoms with Crippen LogP contribution in [0.5, 0.6) is 0 Å². The van der Waals surface area contributed by atoms with E-state index in [-0.39, 0.29) is 18.9 Å². The van der Waals surface area contributed by atoms with Crippen molar-refractivity contribution in [2.45, 2.75) is 26.0 Å². The lowest BCUT2D eigenvalue weighted by Gasteiger charge is -2.18. The second-order valence-corrected chi connectivity index (χ2v) is 6.74. The van der Waals surface area contributed by atoms with Gasteiger partial charge in [0.15, 0.2) is 0 Å². The number of ether oxygens (including phenoxy) is 1. The summed E-state index contributed by atoms with van der Waals surface area (Å²) in [5.74, 6) is -2.28. The summed E-state index contributed by atoms with van der Waals surface area (Å²) in [6.07, 6.45) is 0.0654. The van der Waals surface area contributed by atoms with Gasteiger partial charge >= 0.3 is 11.9 Å². The van der Waals surface area contributed by atoms with E-state index in [0.29, 0.717) is 18.5 Å². The molecule has 2 aromatic carbocycles. The smallest absolute Gasteiger partial charge is 0.338 e. The van der Waals surface area contributed by atoms with Gasteiger partial charge in [-0.1, -0.05) is 36.4 Å².